The van der Waals surface area contributed by atoms with Crippen molar-refractivity contribution in [3.05, 3.63) is 63.1 Å². The molecular weight excluding hydrogens is 430 g/mol. The maximum absolute atomic E-state index is 13.4. The van der Waals surface area contributed by atoms with Crippen molar-refractivity contribution in [2.24, 2.45) is 0 Å². The maximum atomic E-state index is 13.4. The molecule has 160 valence electrons. The van der Waals surface area contributed by atoms with E-state index in [0.29, 0.717) is 30.0 Å². The van der Waals surface area contributed by atoms with Crippen LogP contribution in [-0.4, -0.2) is 28.3 Å². The molecule has 0 unspecified atom stereocenters. The molecule has 1 aliphatic rings. The van der Waals surface area contributed by atoms with Crippen LogP contribution in [0.1, 0.15) is 29.0 Å². The zero-order valence-electron chi connectivity index (χ0n) is 17.3. The minimum absolute atomic E-state index is 0.0501. The van der Waals surface area contributed by atoms with Gasteiger partial charge in [0, 0.05) is 23.3 Å². The Morgan fingerprint density at radius 1 is 1.19 bits per heavy atom. The average molecular weight is 454 g/mol. The lowest BCUT2D eigenvalue weighted by Gasteiger charge is -2.13. The van der Waals surface area contributed by atoms with Crippen LogP contribution >= 0.6 is 23.1 Å². The van der Waals surface area contributed by atoms with E-state index in [4.69, 9.17) is 14.1 Å². The van der Waals surface area contributed by atoms with Gasteiger partial charge in [0.05, 0.1) is 24.2 Å². The summed E-state index contributed by atoms with van der Waals surface area (Å²) in [6, 6.07) is 9.83. The second kappa shape index (κ2) is 8.98. The fourth-order valence-electron chi connectivity index (χ4n) is 3.93. The number of fused-ring (bicyclic) bond motifs is 3. The third-order valence-corrected chi connectivity index (χ3v) is 7.68. The van der Waals surface area contributed by atoms with E-state index in [0.717, 1.165) is 40.7 Å². The van der Waals surface area contributed by atoms with Crippen molar-refractivity contribution >= 4 is 33.3 Å². The molecular formula is C23H23N3O3S2. The number of aryl methyl sites for hydroxylation is 2. The van der Waals surface area contributed by atoms with Gasteiger partial charge in [-0.15, -0.1) is 11.3 Å². The maximum Gasteiger partial charge on any atom is 0.263 e. The van der Waals surface area contributed by atoms with Gasteiger partial charge in [0.25, 0.3) is 5.56 Å². The zero-order valence-corrected chi connectivity index (χ0v) is 18.9. The molecule has 3 heterocycles. The number of hydrogen-bond donors (Lipinski definition) is 0. The fraction of sp³-hybridized carbons (Fsp3) is 0.348. The Balaban J connectivity index is 1.46. The molecule has 0 amide bonds. The number of rotatable bonds is 7. The number of thioether (sulfide) groups is 1. The molecule has 0 bridgehead atoms. The van der Waals surface area contributed by atoms with Crippen LogP contribution in [-0.2, 0) is 29.9 Å². The quantitative estimate of drug-likeness (QED) is 0.292. The highest BCUT2D eigenvalue weighted by Crippen LogP contribution is 2.35. The molecule has 0 aliphatic heterocycles. The first kappa shape index (κ1) is 20.5. The van der Waals surface area contributed by atoms with Gasteiger partial charge in [-0.3, -0.25) is 9.36 Å². The Morgan fingerprint density at radius 2 is 2.03 bits per heavy atom. The van der Waals surface area contributed by atoms with Crippen LogP contribution in [0.3, 0.4) is 0 Å². The van der Waals surface area contributed by atoms with E-state index in [1.165, 1.54) is 28.6 Å². The summed E-state index contributed by atoms with van der Waals surface area (Å²) in [7, 11) is 1.65. The predicted molar refractivity (Wildman–Crippen MR) is 124 cm³/mol. The molecule has 1 aromatic carbocycles. The van der Waals surface area contributed by atoms with Crippen LogP contribution < -0.4 is 5.56 Å². The van der Waals surface area contributed by atoms with E-state index in [9.17, 15) is 4.79 Å². The van der Waals surface area contributed by atoms with Crippen LogP contribution in [0.25, 0.3) is 21.7 Å². The second-order valence-corrected chi connectivity index (χ2v) is 9.56. The Kier molecular flexibility index (Phi) is 5.93. The fourth-order valence-corrected chi connectivity index (χ4v) is 6.14. The minimum atomic E-state index is 0.0501. The minimum Gasteiger partial charge on any atom is -0.444 e. The van der Waals surface area contributed by atoms with Crippen molar-refractivity contribution in [2.75, 3.05) is 13.7 Å². The average Bonchev–Trinajstić information content (AvgIpc) is 3.42. The first-order valence-corrected chi connectivity index (χ1v) is 12.2. The predicted octanol–water partition coefficient (Wildman–Crippen LogP) is 4.93. The molecule has 0 fully saturated rings. The molecule has 0 saturated carbocycles. The molecule has 0 N–H and O–H groups in total. The largest absolute Gasteiger partial charge is 0.444 e. The van der Waals surface area contributed by atoms with E-state index < -0.39 is 0 Å². The van der Waals surface area contributed by atoms with Gasteiger partial charge in [0.15, 0.2) is 5.16 Å². The summed E-state index contributed by atoms with van der Waals surface area (Å²) in [5.41, 5.74) is 3.03. The Labute approximate surface area is 188 Å². The summed E-state index contributed by atoms with van der Waals surface area (Å²) < 4.78 is 12.7. The van der Waals surface area contributed by atoms with Crippen LogP contribution in [0.15, 0.2) is 51.0 Å². The summed E-state index contributed by atoms with van der Waals surface area (Å²) in [4.78, 5) is 25.1. The van der Waals surface area contributed by atoms with Crippen molar-refractivity contribution in [1.29, 1.82) is 0 Å². The van der Waals surface area contributed by atoms with E-state index in [-0.39, 0.29) is 5.56 Å². The van der Waals surface area contributed by atoms with Crippen molar-refractivity contribution in [2.45, 2.75) is 43.1 Å². The molecule has 0 radical (unpaired) electrons. The topological polar surface area (TPSA) is 70.2 Å². The van der Waals surface area contributed by atoms with Gasteiger partial charge in [0.2, 0.25) is 5.89 Å². The molecule has 0 spiro atoms. The van der Waals surface area contributed by atoms with Gasteiger partial charge in [-0.2, -0.15) is 0 Å². The van der Waals surface area contributed by atoms with E-state index in [1.807, 2.05) is 30.3 Å². The molecule has 4 aromatic rings. The molecule has 5 rings (SSSR count). The van der Waals surface area contributed by atoms with Crippen LogP contribution in [0.2, 0.25) is 0 Å². The summed E-state index contributed by atoms with van der Waals surface area (Å²) in [5.74, 6) is 1.18. The molecule has 3 aromatic heterocycles. The normalized spacial score (nSPS) is 13.6. The van der Waals surface area contributed by atoms with Crippen LogP contribution in [0.4, 0.5) is 0 Å². The lowest BCUT2D eigenvalue weighted by atomic mass is 9.97. The number of nitrogens with zero attached hydrogens (tertiary/aromatic N) is 3. The van der Waals surface area contributed by atoms with Crippen molar-refractivity contribution < 1.29 is 9.15 Å². The summed E-state index contributed by atoms with van der Waals surface area (Å²) in [5, 5.41) is 1.52. The van der Waals surface area contributed by atoms with Gasteiger partial charge < -0.3 is 9.15 Å². The molecule has 0 saturated heterocycles. The van der Waals surface area contributed by atoms with Crippen molar-refractivity contribution in [3.63, 3.8) is 0 Å². The smallest absolute Gasteiger partial charge is 0.263 e. The summed E-state index contributed by atoms with van der Waals surface area (Å²) in [6.45, 7) is 0.953. The Bertz CT molecular complexity index is 1260. The summed E-state index contributed by atoms with van der Waals surface area (Å²) >= 11 is 3.20. The molecule has 1 aliphatic carbocycles. The lowest BCUT2D eigenvalue weighted by molar-refractivity contribution is 0.183. The number of ether oxygens (including phenoxy) is 1. The number of benzene rings is 1. The van der Waals surface area contributed by atoms with E-state index >= 15 is 0 Å². The highest BCUT2D eigenvalue weighted by Gasteiger charge is 2.22. The zero-order chi connectivity index (χ0) is 21.2. The van der Waals surface area contributed by atoms with Crippen molar-refractivity contribution in [3.8, 4) is 11.5 Å². The number of thiophene rings is 1. The second-order valence-electron chi connectivity index (χ2n) is 7.53. The SMILES string of the molecule is COCCn1c(SCc2coc(-c3ccccc3)n2)nc2sc3c(c2c1=O)CCCC3. The molecule has 8 heteroatoms. The first-order chi connectivity index (χ1) is 15.2. The highest BCUT2D eigenvalue weighted by atomic mass is 32.2. The van der Waals surface area contributed by atoms with Crippen LogP contribution in [0, 0.1) is 0 Å². The number of aromatic nitrogens is 3. The number of methoxy groups -OCH3 is 1. The first-order valence-electron chi connectivity index (χ1n) is 10.4. The van der Waals surface area contributed by atoms with Gasteiger partial charge >= 0.3 is 0 Å². The molecule has 31 heavy (non-hydrogen) atoms. The van der Waals surface area contributed by atoms with Crippen molar-refractivity contribution in [1.82, 2.24) is 14.5 Å². The third kappa shape index (κ3) is 4.07. The number of oxazole rings is 1. The molecule has 0 atom stereocenters. The summed E-state index contributed by atoms with van der Waals surface area (Å²) in [6.07, 6.45) is 6.04. The standard InChI is InChI=1S/C23H23N3O3S2/c1-28-12-11-26-22(27)19-17-9-5-6-10-18(17)31-21(19)25-23(26)30-14-16-13-29-20(24-16)15-7-3-2-4-8-15/h2-4,7-8,13H,5-6,9-12,14H2,1H3. The lowest BCUT2D eigenvalue weighted by Crippen LogP contribution is -2.25. The van der Waals surface area contributed by atoms with Gasteiger partial charge in [-0.1, -0.05) is 30.0 Å². The molecule has 6 nitrogen and oxygen atoms in total. The Hall–Kier alpha value is -2.42. The third-order valence-electron chi connectivity index (χ3n) is 5.48. The Morgan fingerprint density at radius 3 is 2.87 bits per heavy atom. The van der Waals surface area contributed by atoms with Gasteiger partial charge in [-0.05, 0) is 43.4 Å². The number of hydrogen-bond acceptors (Lipinski definition) is 7. The van der Waals surface area contributed by atoms with E-state index in [1.54, 1.807) is 29.3 Å². The van der Waals surface area contributed by atoms with Gasteiger partial charge in [0.1, 0.15) is 11.1 Å². The highest BCUT2D eigenvalue weighted by molar-refractivity contribution is 7.98. The van der Waals surface area contributed by atoms with Gasteiger partial charge in [-0.25, -0.2) is 9.97 Å². The monoisotopic (exact) mass is 453 g/mol. The van der Waals surface area contributed by atoms with Crippen LogP contribution in [0.5, 0.6) is 0 Å². The van der Waals surface area contributed by atoms with E-state index in [2.05, 4.69) is 4.98 Å².